The molecule has 0 saturated heterocycles. The van der Waals surface area contributed by atoms with E-state index in [4.69, 9.17) is 0 Å². The molecule has 0 aliphatic heterocycles. The maximum absolute atomic E-state index is 11.4. The molecule has 0 spiro atoms. The van der Waals surface area contributed by atoms with Gasteiger partial charge in [-0.25, -0.2) is 0 Å². The molecule has 4 saturated carbocycles. The van der Waals surface area contributed by atoms with Crippen LogP contribution in [0.3, 0.4) is 0 Å². The van der Waals surface area contributed by atoms with Crippen molar-refractivity contribution in [2.75, 3.05) is 0 Å². The summed E-state index contributed by atoms with van der Waals surface area (Å²) in [5, 5.41) is 15.7. The molecule has 4 fully saturated rings. The molecule has 0 aromatic carbocycles. The smallest absolute Gasteiger partial charge is 0.113 e. The van der Waals surface area contributed by atoms with Crippen molar-refractivity contribution in [1.82, 2.24) is 9.78 Å². The van der Waals surface area contributed by atoms with Gasteiger partial charge >= 0.3 is 0 Å². The van der Waals surface area contributed by atoms with E-state index in [9.17, 15) is 5.11 Å². The highest BCUT2D eigenvalue weighted by atomic mass is 79.9. The van der Waals surface area contributed by atoms with Crippen LogP contribution in [-0.2, 0) is 12.6 Å². The highest BCUT2D eigenvalue weighted by Crippen LogP contribution is 2.62. The van der Waals surface area contributed by atoms with Gasteiger partial charge < -0.3 is 5.11 Å². The Morgan fingerprint density at radius 2 is 1.78 bits per heavy atom. The average molecular weight is 311 g/mol. The summed E-state index contributed by atoms with van der Waals surface area (Å²) < 4.78 is 2.84. The van der Waals surface area contributed by atoms with Crippen molar-refractivity contribution in [1.29, 1.82) is 0 Å². The summed E-state index contributed by atoms with van der Waals surface area (Å²) in [5.74, 6) is 2.64. The predicted octanol–water partition coefficient (Wildman–Crippen LogP) is 2.83. The summed E-state index contributed by atoms with van der Waals surface area (Å²) in [6.07, 6.45) is 8.07. The largest absolute Gasteiger partial charge is 0.383 e. The van der Waals surface area contributed by atoms with Gasteiger partial charge in [0.25, 0.3) is 0 Å². The normalized spacial score (nSPS) is 45.7. The second-order valence-corrected chi connectivity index (χ2v) is 7.45. The van der Waals surface area contributed by atoms with E-state index >= 15 is 0 Å². The van der Waals surface area contributed by atoms with E-state index in [1.165, 1.54) is 32.1 Å². The molecule has 0 atom stereocenters. The maximum Gasteiger partial charge on any atom is 0.113 e. The second-order valence-electron chi connectivity index (χ2n) is 6.59. The molecule has 1 aromatic rings. The topological polar surface area (TPSA) is 38.0 Å². The van der Waals surface area contributed by atoms with Gasteiger partial charge in [-0.15, -0.1) is 0 Å². The van der Waals surface area contributed by atoms with Crippen LogP contribution >= 0.6 is 15.9 Å². The van der Waals surface area contributed by atoms with Crippen molar-refractivity contribution < 1.29 is 5.11 Å². The minimum Gasteiger partial charge on any atom is -0.383 e. The highest BCUT2D eigenvalue weighted by molar-refractivity contribution is 9.10. The lowest BCUT2D eigenvalue weighted by Gasteiger charge is -2.58. The first-order chi connectivity index (χ1) is 8.59. The fourth-order valence-electron chi connectivity index (χ4n) is 5.15. The van der Waals surface area contributed by atoms with Gasteiger partial charge in [-0.05, 0) is 71.7 Å². The van der Waals surface area contributed by atoms with Crippen LogP contribution in [0.5, 0.6) is 0 Å². The molecule has 1 N–H and O–H groups in total. The number of aromatic nitrogens is 2. The fraction of sp³-hybridized carbons (Fsp3) is 0.786. The molecule has 0 unspecified atom stereocenters. The monoisotopic (exact) mass is 310 g/mol. The summed E-state index contributed by atoms with van der Waals surface area (Å²) in [4.78, 5) is 0. The third-order valence-corrected chi connectivity index (χ3v) is 6.24. The summed E-state index contributed by atoms with van der Waals surface area (Å²) in [6, 6.07) is 0. The second kappa shape index (κ2) is 3.60. The van der Waals surface area contributed by atoms with Gasteiger partial charge in [-0.2, -0.15) is 5.10 Å². The molecule has 0 amide bonds. The number of nitrogens with zero attached hydrogens (tertiary/aromatic N) is 2. The van der Waals surface area contributed by atoms with Gasteiger partial charge in [0, 0.05) is 7.05 Å². The molecule has 1 aromatic heterocycles. The summed E-state index contributed by atoms with van der Waals surface area (Å²) in [5.41, 5.74) is 0.369. The Labute approximate surface area is 116 Å². The Hall–Kier alpha value is -0.350. The van der Waals surface area contributed by atoms with Gasteiger partial charge in [-0.3, -0.25) is 4.68 Å². The van der Waals surface area contributed by atoms with Crippen LogP contribution in [0.1, 0.15) is 37.8 Å². The Kier molecular flexibility index (Phi) is 2.30. The SMILES string of the molecule is Cn1ncc(Br)c1C1(O)C2CC3CC(C2)CC1C3. The number of halogens is 1. The molecule has 4 aliphatic rings. The standard InChI is InChI=1S/C14H19BrN2O/c1-17-13(12(15)7-16-17)14(18)10-3-8-2-9(5-10)6-11(14)4-8/h7-11,18H,2-6H2,1H3. The Morgan fingerprint density at radius 1 is 1.22 bits per heavy atom. The first-order valence-corrected chi connectivity index (χ1v) is 7.78. The minimum absolute atomic E-state index is 0.445. The van der Waals surface area contributed by atoms with Gasteiger partial charge in [0.1, 0.15) is 5.60 Å². The van der Waals surface area contributed by atoms with Crippen LogP contribution in [-0.4, -0.2) is 14.9 Å². The molecule has 5 rings (SSSR count). The van der Waals surface area contributed by atoms with Crippen molar-refractivity contribution >= 4 is 15.9 Å². The Morgan fingerprint density at radius 3 is 2.22 bits per heavy atom. The van der Waals surface area contributed by atoms with E-state index < -0.39 is 5.60 Å². The quantitative estimate of drug-likeness (QED) is 0.866. The number of aliphatic hydroxyl groups is 1. The van der Waals surface area contributed by atoms with E-state index in [1.54, 1.807) is 0 Å². The zero-order valence-electron chi connectivity index (χ0n) is 10.6. The molecule has 3 nitrogen and oxygen atoms in total. The van der Waals surface area contributed by atoms with Crippen LogP contribution in [0.2, 0.25) is 0 Å². The number of rotatable bonds is 1. The molecular formula is C14H19BrN2O. The highest BCUT2D eigenvalue weighted by Gasteiger charge is 2.58. The fourth-order valence-corrected chi connectivity index (χ4v) is 5.82. The van der Waals surface area contributed by atoms with E-state index in [1.807, 2.05) is 17.9 Å². The van der Waals surface area contributed by atoms with Crippen molar-refractivity contribution in [2.45, 2.75) is 37.7 Å². The summed E-state index contributed by atoms with van der Waals surface area (Å²) in [7, 11) is 1.95. The first-order valence-electron chi connectivity index (χ1n) is 6.99. The molecule has 0 radical (unpaired) electrons. The molecule has 18 heavy (non-hydrogen) atoms. The van der Waals surface area contributed by atoms with Gasteiger partial charge in [0.05, 0.1) is 16.4 Å². The van der Waals surface area contributed by atoms with Crippen LogP contribution in [0.4, 0.5) is 0 Å². The third-order valence-electron chi connectivity index (χ3n) is 5.66. The lowest BCUT2D eigenvalue weighted by Crippen LogP contribution is -2.56. The zero-order valence-corrected chi connectivity index (χ0v) is 12.2. The van der Waals surface area contributed by atoms with E-state index in [2.05, 4.69) is 21.0 Å². The predicted molar refractivity (Wildman–Crippen MR) is 71.8 cm³/mol. The number of hydrogen-bond acceptors (Lipinski definition) is 2. The average Bonchev–Trinajstić information content (AvgIpc) is 2.65. The molecule has 4 heteroatoms. The van der Waals surface area contributed by atoms with Crippen molar-refractivity contribution in [2.24, 2.45) is 30.7 Å². The van der Waals surface area contributed by atoms with Gasteiger partial charge in [0.2, 0.25) is 0 Å². The minimum atomic E-state index is -0.641. The Balaban J connectivity index is 1.84. The number of hydrogen-bond donors (Lipinski definition) is 1. The lowest BCUT2D eigenvalue weighted by molar-refractivity contribution is -0.183. The third kappa shape index (κ3) is 1.31. The van der Waals surface area contributed by atoms with Crippen molar-refractivity contribution in [3.8, 4) is 0 Å². The van der Waals surface area contributed by atoms with Crippen LogP contribution in [0.15, 0.2) is 10.7 Å². The van der Waals surface area contributed by atoms with Crippen LogP contribution in [0, 0.1) is 23.7 Å². The first kappa shape index (κ1) is 11.5. The summed E-state index contributed by atoms with van der Waals surface area (Å²) in [6.45, 7) is 0. The van der Waals surface area contributed by atoms with Crippen LogP contribution < -0.4 is 0 Å². The van der Waals surface area contributed by atoms with E-state index in [0.717, 1.165) is 22.0 Å². The van der Waals surface area contributed by atoms with Gasteiger partial charge in [-0.1, -0.05) is 0 Å². The molecule has 98 valence electrons. The number of aryl methyl sites for hydroxylation is 1. The summed E-state index contributed by atoms with van der Waals surface area (Å²) >= 11 is 3.58. The zero-order chi connectivity index (χ0) is 12.5. The Bertz CT molecular complexity index is 448. The van der Waals surface area contributed by atoms with E-state index in [-0.39, 0.29) is 0 Å². The molecule has 4 bridgehead atoms. The van der Waals surface area contributed by atoms with Crippen molar-refractivity contribution in [3.05, 3.63) is 16.4 Å². The lowest BCUT2D eigenvalue weighted by atomic mass is 9.49. The van der Waals surface area contributed by atoms with Crippen LogP contribution in [0.25, 0.3) is 0 Å². The molecule has 4 aliphatic carbocycles. The molecule has 1 heterocycles. The van der Waals surface area contributed by atoms with Gasteiger partial charge in [0.15, 0.2) is 0 Å². The van der Waals surface area contributed by atoms with E-state index in [0.29, 0.717) is 11.8 Å². The molecular weight excluding hydrogens is 292 g/mol. The van der Waals surface area contributed by atoms with Crippen molar-refractivity contribution in [3.63, 3.8) is 0 Å². The maximum atomic E-state index is 11.4.